The van der Waals surface area contributed by atoms with E-state index in [1.54, 1.807) is 12.1 Å². The summed E-state index contributed by atoms with van der Waals surface area (Å²) in [5.74, 6) is 0.494. The van der Waals surface area contributed by atoms with Crippen molar-refractivity contribution in [2.45, 2.75) is 25.8 Å². The lowest BCUT2D eigenvalue weighted by atomic mass is 10.2. The molecule has 4 nitrogen and oxygen atoms in total. The van der Waals surface area contributed by atoms with Crippen molar-refractivity contribution >= 4 is 23.1 Å². The summed E-state index contributed by atoms with van der Waals surface area (Å²) in [6.45, 7) is 2.03. The molecule has 1 aliphatic carbocycles. The van der Waals surface area contributed by atoms with Gasteiger partial charge in [-0.2, -0.15) is 0 Å². The summed E-state index contributed by atoms with van der Waals surface area (Å²) in [4.78, 5) is 16.2. The van der Waals surface area contributed by atoms with Crippen LogP contribution in [-0.2, 0) is 0 Å². The van der Waals surface area contributed by atoms with E-state index in [-0.39, 0.29) is 16.9 Å². The number of amides is 1. The molecule has 1 aromatic rings. The highest BCUT2D eigenvalue weighted by atomic mass is 32.1. The quantitative estimate of drug-likeness (QED) is 0.788. The first kappa shape index (κ1) is 12.0. The number of carbonyl (C=O) groups excluding carboxylic acids is 1. The van der Waals surface area contributed by atoms with Gasteiger partial charge in [0.25, 0.3) is 5.91 Å². The molecule has 17 heavy (non-hydrogen) atoms. The summed E-state index contributed by atoms with van der Waals surface area (Å²) in [7, 11) is 0. The second-order valence-electron chi connectivity index (χ2n) is 4.40. The molecule has 3 N–H and O–H groups in total. The van der Waals surface area contributed by atoms with E-state index >= 15 is 0 Å². The number of hydrogen-bond acceptors (Lipinski definition) is 3. The zero-order valence-corrected chi connectivity index (χ0v) is 10.5. The first-order chi connectivity index (χ1) is 8.08. The third kappa shape index (κ3) is 3.00. The molecular weight excluding hydrogens is 234 g/mol. The molecule has 0 aromatic carbocycles. The van der Waals surface area contributed by atoms with E-state index in [0.29, 0.717) is 17.2 Å². The molecule has 1 atom stereocenters. The number of rotatable bonds is 4. The van der Waals surface area contributed by atoms with Gasteiger partial charge in [-0.15, -0.1) is 0 Å². The third-order valence-corrected chi connectivity index (χ3v) is 3.20. The second kappa shape index (κ2) is 4.79. The lowest BCUT2D eigenvalue weighted by Gasteiger charge is -2.12. The monoisotopic (exact) mass is 249 g/mol. The van der Waals surface area contributed by atoms with E-state index in [1.807, 2.05) is 6.92 Å². The van der Waals surface area contributed by atoms with Crippen LogP contribution in [-0.4, -0.2) is 21.9 Å². The van der Waals surface area contributed by atoms with Crippen LogP contribution in [0.3, 0.4) is 0 Å². The van der Waals surface area contributed by atoms with Crippen molar-refractivity contribution in [2.24, 2.45) is 11.7 Å². The van der Waals surface area contributed by atoms with Crippen molar-refractivity contribution in [3.8, 4) is 0 Å². The number of thiocarbonyl (C=S) groups is 1. The highest BCUT2D eigenvalue weighted by molar-refractivity contribution is 7.80. The van der Waals surface area contributed by atoms with Crippen molar-refractivity contribution in [1.29, 1.82) is 0 Å². The van der Waals surface area contributed by atoms with E-state index in [1.165, 1.54) is 19.0 Å². The van der Waals surface area contributed by atoms with Crippen molar-refractivity contribution in [1.82, 2.24) is 10.3 Å². The number of nitrogens with one attached hydrogen (secondary N) is 1. The van der Waals surface area contributed by atoms with E-state index in [9.17, 15) is 4.79 Å². The molecule has 5 heteroatoms. The molecule has 1 aromatic heterocycles. The van der Waals surface area contributed by atoms with Crippen LogP contribution in [0.25, 0.3) is 0 Å². The fourth-order valence-corrected chi connectivity index (χ4v) is 1.79. The van der Waals surface area contributed by atoms with Gasteiger partial charge in [-0.3, -0.25) is 9.78 Å². The largest absolute Gasteiger partial charge is 0.389 e. The molecule has 0 bridgehead atoms. The lowest BCUT2D eigenvalue weighted by Crippen LogP contribution is -2.34. The predicted octanol–water partition coefficient (Wildman–Crippen LogP) is 1.24. The van der Waals surface area contributed by atoms with Gasteiger partial charge in [0.15, 0.2) is 0 Å². The van der Waals surface area contributed by atoms with Crippen molar-refractivity contribution in [3.63, 3.8) is 0 Å². The highest BCUT2D eigenvalue weighted by Crippen LogP contribution is 2.32. The maximum absolute atomic E-state index is 11.8. The Morgan fingerprint density at radius 2 is 2.29 bits per heavy atom. The van der Waals surface area contributed by atoms with E-state index < -0.39 is 0 Å². The molecule has 1 amide bonds. The van der Waals surface area contributed by atoms with Gasteiger partial charge in [-0.05, 0) is 37.8 Å². The van der Waals surface area contributed by atoms with Gasteiger partial charge >= 0.3 is 0 Å². The zero-order valence-electron chi connectivity index (χ0n) is 9.64. The van der Waals surface area contributed by atoms with Crippen molar-refractivity contribution in [2.75, 3.05) is 0 Å². The molecule has 90 valence electrons. The summed E-state index contributed by atoms with van der Waals surface area (Å²) in [6, 6.07) is 3.58. The molecule has 0 saturated heterocycles. The van der Waals surface area contributed by atoms with Gasteiger partial charge in [0.1, 0.15) is 10.7 Å². The first-order valence-corrected chi connectivity index (χ1v) is 6.05. The van der Waals surface area contributed by atoms with Gasteiger partial charge in [-0.25, -0.2) is 0 Å². The standard InChI is InChI=1S/C12H15N3OS/c1-7(8-2-3-8)15-12(16)10-5-4-9(6-14-10)11(13)17/h4-8H,2-3H2,1H3,(H2,13,17)(H,15,16). The van der Waals surface area contributed by atoms with Gasteiger partial charge in [0.05, 0.1) is 0 Å². The summed E-state index contributed by atoms with van der Waals surface area (Å²) < 4.78 is 0. The van der Waals surface area contributed by atoms with Crippen LogP contribution in [0.4, 0.5) is 0 Å². The maximum atomic E-state index is 11.8. The third-order valence-electron chi connectivity index (χ3n) is 2.97. The van der Waals surface area contributed by atoms with Crippen LogP contribution in [0.15, 0.2) is 18.3 Å². The summed E-state index contributed by atoms with van der Waals surface area (Å²) in [6.07, 6.45) is 3.93. The normalized spacial score (nSPS) is 16.3. The predicted molar refractivity (Wildman–Crippen MR) is 69.8 cm³/mol. The van der Waals surface area contributed by atoms with Crippen LogP contribution < -0.4 is 11.1 Å². The smallest absolute Gasteiger partial charge is 0.270 e. The summed E-state index contributed by atoms with van der Waals surface area (Å²) in [5.41, 5.74) is 6.53. The Morgan fingerprint density at radius 1 is 1.59 bits per heavy atom. The van der Waals surface area contributed by atoms with Crippen molar-refractivity contribution < 1.29 is 4.79 Å². The Labute approximate surface area is 106 Å². The first-order valence-electron chi connectivity index (χ1n) is 5.64. The number of carbonyl (C=O) groups is 1. The van der Waals surface area contributed by atoms with Crippen molar-refractivity contribution in [3.05, 3.63) is 29.6 Å². The SMILES string of the molecule is CC(NC(=O)c1ccc(C(N)=S)cn1)C1CC1. The Hall–Kier alpha value is -1.49. The van der Waals surface area contributed by atoms with E-state index in [0.717, 1.165) is 0 Å². The van der Waals surface area contributed by atoms with Gasteiger partial charge in [0, 0.05) is 17.8 Å². The molecule has 2 rings (SSSR count). The minimum absolute atomic E-state index is 0.140. The van der Waals surface area contributed by atoms with Crippen LogP contribution in [0.2, 0.25) is 0 Å². The van der Waals surface area contributed by atoms with Gasteiger partial charge in [0.2, 0.25) is 0 Å². The fourth-order valence-electron chi connectivity index (χ4n) is 1.67. The molecule has 0 spiro atoms. The van der Waals surface area contributed by atoms with Crippen LogP contribution in [0, 0.1) is 5.92 Å². The number of hydrogen-bond donors (Lipinski definition) is 2. The van der Waals surface area contributed by atoms with Crippen LogP contribution in [0.5, 0.6) is 0 Å². The molecule has 1 unspecified atom stereocenters. The molecule has 1 aliphatic rings. The Balaban J connectivity index is 2.00. The zero-order chi connectivity index (χ0) is 12.4. The van der Waals surface area contributed by atoms with E-state index in [4.69, 9.17) is 18.0 Å². The number of nitrogens with zero attached hydrogens (tertiary/aromatic N) is 1. The Morgan fingerprint density at radius 3 is 2.76 bits per heavy atom. The molecular formula is C12H15N3OS. The summed E-state index contributed by atoms with van der Waals surface area (Å²) in [5, 5.41) is 2.94. The molecule has 1 saturated carbocycles. The lowest BCUT2D eigenvalue weighted by molar-refractivity contribution is 0.0931. The van der Waals surface area contributed by atoms with Crippen LogP contribution in [0.1, 0.15) is 35.8 Å². The molecule has 0 radical (unpaired) electrons. The molecule has 1 fully saturated rings. The highest BCUT2D eigenvalue weighted by Gasteiger charge is 2.29. The number of pyridine rings is 1. The van der Waals surface area contributed by atoms with Gasteiger partial charge in [-0.1, -0.05) is 12.2 Å². The topological polar surface area (TPSA) is 68.0 Å². The Bertz CT molecular complexity index is 440. The minimum Gasteiger partial charge on any atom is -0.389 e. The number of nitrogens with two attached hydrogens (primary N) is 1. The van der Waals surface area contributed by atoms with Gasteiger partial charge < -0.3 is 11.1 Å². The molecule has 1 heterocycles. The maximum Gasteiger partial charge on any atom is 0.270 e. The summed E-state index contributed by atoms with van der Waals surface area (Å²) >= 11 is 4.82. The van der Waals surface area contributed by atoms with Crippen LogP contribution >= 0.6 is 12.2 Å². The van der Waals surface area contributed by atoms with E-state index in [2.05, 4.69) is 10.3 Å². The number of aromatic nitrogens is 1. The average Bonchev–Trinajstić information content (AvgIpc) is 3.12. The minimum atomic E-state index is -0.140. The Kier molecular flexibility index (Phi) is 3.38. The fraction of sp³-hybridized carbons (Fsp3) is 0.417. The second-order valence-corrected chi connectivity index (χ2v) is 4.84. The average molecular weight is 249 g/mol. The molecule has 0 aliphatic heterocycles.